The van der Waals surface area contributed by atoms with Gasteiger partial charge in [-0.05, 0) is 123 Å². The van der Waals surface area contributed by atoms with Crippen LogP contribution in [0.4, 0.5) is 0 Å². The van der Waals surface area contributed by atoms with Crippen molar-refractivity contribution in [3.63, 3.8) is 0 Å². The van der Waals surface area contributed by atoms with Crippen molar-refractivity contribution in [3.8, 4) is 0 Å². The molecule has 12 aromatic carbocycles. The minimum atomic E-state index is -0.446. The third-order valence-electron chi connectivity index (χ3n) is 14.3. The third kappa shape index (κ3) is 17.9. The Morgan fingerprint density at radius 3 is 0.341 bits per heavy atom. The SMILES string of the molecule is CC1(C)O[B]OC1(C)C.c1ccc(P(c2ccccc2)c2ccccc2)cc1.c1ccc(P(c2ccccc2)c2ccccc2)cc1.c1ccc(P(c2ccccc2)c2ccccc2)cc1.c1ccc(P(c2ccccc2)c2ccccc2)cc1. The van der Waals surface area contributed by atoms with Crippen LogP contribution in [-0.4, -0.2) is 18.9 Å². The van der Waals surface area contributed by atoms with Crippen molar-refractivity contribution in [2.75, 3.05) is 0 Å². The van der Waals surface area contributed by atoms with Crippen molar-refractivity contribution >= 4 is 103 Å². The van der Waals surface area contributed by atoms with Crippen molar-refractivity contribution in [1.82, 2.24) is 0 Å². The molecule has 2 nitrogen and oxygen atoms in total. The van der Waals surface area contributed by atoms with Gasteiger partial charge in [0.15, 0.2) is 0 Å². The lowest BCUT2D eigenvalue weighted by molar-refractivity contribution is 0.00578. The summed E-state index contributed by atoms with van der Waals surface area (Å²) in [5.41, 5.74) is -0.375. The summed E-state index contributed by atoms with van der Waals surface area (Å²) in [4.78, 5) is 0. The largest absolute Gasteiger partial charge is 0.488 e. The Morgan fingerprint density at radius 2 is 0.271 bits per heavy atom. The van der Waals surface area contributed by atoms with Crippen molar-refractivity contribution in [3.05, 3.63) is 364 Å². The van der Waals surface area contributed by atoms with Gasteiger partial charge in [-0.15, -0.1) is 0 Å². The summed E-state index contributed by atoms with van der Waals surface area (Å²) in [5, 5.41) is 16.8. The zero-order valence-corrected chi connectivity index (χ0v) is 52.4. The highest BCUT2D eigenvalue weighted by atomic mass is 31.1. The maximum absolute atomic E-state index is 5.21. The minimum absolute atomic E-state index is 0.187. The fraction of sp³-hybridized carbons (Fsp3) is 0.0769. The molecule has 0 N–H and O–H groups in total. The van der Waals surface area contributed by atoms with Crippen LogP contribution < -0.4 is 63.7 Å². The highest BCUT2D eigenvalue weighted by Crippen LogP contribution is 2.36. The Kier molecular flexibility index (Phi) is 23.7. The first-order valence-corrected chi connectivity index (χ1v) is 34.1. The lowest BCUT2D eigenvalue weighted by atomic mass is 9.90. The van der Waals surface area contributed by atoms with Crippen LogP contribution in [0, 0.1) is 0 Å². The normalized spacial score (nSPS) is 12.6. The van der Waals surface area contributed by atoms with Crippen LogP contribution >= 0.6 is 31.7 Å². The molecule has 1 aliphatic heterocycles. The quantitative estimate of drug-likeness (QED) is 0.0897. The Hall–Kier alpha value is -7.66. The van der Waals surface area contributed by atoms with Crippen molar-refractivity contribution < 1.29 is 9.31 Å². The van der Waals surface area contributed by atoms with E-state index in [1.165, 1.54) is 71.3 Å². The Balaban J connectivity index is 0.000000129. The monoisotopic (exact) mass is 1180 g/mol. The maximum Gasteiger partial charge on any atom is 0.488 e. The van der Waals surface area contributed by atoms with Gasteiger partial charge in [-0.1, -0.05) is 364 Å². The molecule has 0 spiro atoms. The molecule has 0 unspecified atom stereocenters. The summed E-state index contributed by atoms with van der Waals surface area (Å²) in [7, 11) is -0.367. The fourth-order valence-corrected chi connectivity index (χ4v) is 18.5. The first-order valence-electron chi connectivity index (χ1n) is 28.7. The molecule has 13 rings (SSSR count). The van der Waals surface area contributed by atoms with Gasteiger partial charge in [0, 0.05) is 0 Å². The standard InChI is InChI=1S/4C18H15P.C6H12BO2/c4*1-4-10-16(11-5-1)19(17-12-6-2-7-13-17)18-14-8-3-9-15-18;1-5(2)6(3,4)9-7-8-5/h4*1-15H;1-4H3. The molecule has 0 aliphatic carbocycles. The van der Waals surface area contributed by atoms with Gasteiger partial charge >= 0.3 is 7.69 Å². The van der Waals surface area contributed by atoms with Gasteiger partial charge in [-0.2, -0.15) is 0 Å². The predicted octanol–water partition coefficient (Wildman–Crippen LogP) is 14.9. The Labute approximate surface area is 512 Å². The van der Waals surface area contributed by atoms with Crippen LogP contribution in [-0.2, 0) is 9.31 Å². The summed E-state index contributed by atoms with van der Waals surface area (Å²) >= 11 is 0. The minimum Gasteiger partial charge on any atom is -0.405 e. The number of hydrogen-bond acceptors (Lipinski definition) is 2. The lowest BCUT2D eigenvalue weighted by Gasteiger charge is -2.32. The van der Waals surface area contributed by atoms with Gasteiger partial charge in [0.1, 0.15) is 0 Å². The first-order chi connectivity index (χ1) is 41.8. The summed E-state index contributed by atoms with van der Waals surface area (Å²) in [6.07, 6.45) is 0. The summed E-state index contributed by atoms with van der Waals surface area (Å²) < 4.78 is 10.4. The molecular formula is C78H72BO2P4. The van der Waals surface area contributed by atoms with E-state index in [9.17, 15) is 0 Å². The molecular weight excluding hydrogens is 1100 g/mol. The van der Waals surface area contributed by atoms with Crippen LogP contribution in [0.3, 0.4) is 0 Å². The zero-order valence-electron chi connectivity index (χ0n) is 48.8. The van der Waals surface area contributed by atoms with E-state index in [1.807, 2.05) is 27.7 Å². The van der Waals surface area contributed by atoms with E-state index >= 15 is 0 Å². The second-order valence-electron chi connectivity index (χ2n) is 20.7. The van der Waals surface area contributed by atoms with Crippen LogP contribution in [0.25, 0.3) is 0 Å². The van der Waals surface area contributed by atoms with Gasteiger partial charge in [-0.3, -0.25) is 0 Å². The smallest absolute Gasteiger partial charge is 0.405 e. The number of rotatable bonds is 12. The van der Waals surface area contributed by atoms with E-state index in [2.05, 4.69) is 364 Å². The first kappa shape index (κ1) is 61.9. The molecule has 7 heteroatoms. The summed E-state index contributed by atoms with van der Waals surface area (Å²) in [6, 6.07) is 129. The molecule has 0 bridgehead atoms. The molecule has 1 radical (unpaired) electrons. The third-order valence-corrected chi connectivity index (χ3v) is 24.1. The van der Waals surface area contributed by atoms with Crippen molar-refractivity contribution in [2.45, 2.75) is 38.9 Å². The van der Waals surface area contributed by atoms with Crippen molar-refractivity contribution in [1.29, 1.82) is 0 Å². The molecule has 0 saturated carbocycles. The molecule has 0 aromatic heterocycles. The van der Waals surface area contributed by atoms with Gasteiger partial charge in [0.05, 0.1) is 11.2 Å². The van der Waals surface area contributed by atoms with Crippen LogP contribution in [0.5, 0.6) is 0 Å². The van der Waals surface area contributed by atoms with Crippen molar-refractivity contribution in [2.24, 2.45) is 0 Å². The maximum atomic E-state index is 5.21. The van der Waals surface area contributed by atoms with E-state index in [0.29, 0.717) is 0 Å². The van der Waals surface area contributed by atoms with Crippen LogP contribution in [0.1, 0.15) is 27.7 Å². The van der Waals surface area contributed by atoms with E-state index in [1.54, 1.807) is 0 Å². The van der Waals surface area contributed by atoms with E-state index < -0.39 is 31.7 Å². The highest BCUT2D eigenvalue weighted by molar-refractivity contribution is 7.81. The van der Waals surface area contributed by atoms with Gasteiger partial charge < -0.3 is 9.31 Å². The van der Waals surface area contributed by atoms with Gasteiger partial charge in [0.2, 0.25) is 0 Å². The van der Waals surface area contributed by atoms with E-state index in [0.717, 1.165) is 0 Å². The average Bonchev–Trinajstić information content (AvgIpc) is 4.13. The highest BCUT2D eigenvalue weighted by Gasteiger charge is 2.44. The molecule has 1 heterocycles. The lowest BCUT2D eigenvalue weighted by Crippen LogP contribution is -2.41. The Bertz CT molecular complexity index is 2850. The fourth-order valence-electron chi connectivity index (χ4n) is 9.26. The predicted molar refractivity (Wildman–Crippen MR) is 377 cm³/mol. The molecule has 1 aliphatic rings. The second-order valence-corrected chi connectivity index (χ2v) is 29.6. The summed E-state index contributed by atoms with van der Waals surface area (Å²) in [5.74, 6) is 0. The van der Waals surface area contributed by atoms with Gasteiger partial charge in [-0.25, -0.2) is 0 Å². The van der Waals surface area contributed by atoms with Gasteiger partial charge in [0.25, 0.3) is 0 Å². The van der Waals surface area contributed by atoms with Crippen LogP contribution in [0.15, 0.2) is 364 Å². The zero-order chi connectivity index (χ0) is 58.8. The average molecular weight is 1180 g/mol. The molecule has 1 fully saturated rings. The summed E-state index contributed by atoms with van der Waals surface area (Å²) in [6.45, 7) is 8.04. The number of hydrogen-bond donors (Lipinski definition) is 0. The molecule has 85 heavy (non-hydrogen) atoms. The molecule has 1 saturated heterocycles. The molecule has 0 atom stereocenters. The Morgan fingerprint density at radius 1 is 0.176 bits per heavy atom. The van der Waals surface area contributed by atoms with Crippen LogP contribution in [0.2, 0.25) is 0 Å². The second kappa shape index (κ2) is 32.6. The molecule has 419 valence electrons. The molecule has 0 amide bonds. The van der Waals surface area contributed by atoms with E-state index in [-0.39, 0.29) is 11.2 Å². The number of benzene rings is 12. The molecule has 12 aromatic rings. The topological polar surface area (TPSA) is 18.5 Å². The van der Waals surface area contributed by atoms with E-state index in [4.69, 9.17) is 9.31 Å².